The van der Waals surface area contributed by atoms with E-state index in [0.717, 1.165) is 12.0 Å². The van der Waals surface area contributed by atoms with E-state index in [1.165, 1.54) is 4.31 Å². The summed E-state index contributed by atoms with van der Waals surface area (Å²) < 4.78 is 27.5. The summed E-state index contributed by atoms with van der Waals surface area (Å²) in [5.41, 5.74) is 0.960. The van der Waals surface area contributed by atoms with Crippen LogP contribution < -0.4 is 5.56 Å². The molecule has 154 valence electrons. The van der Waals surface area contributed by atoms with Gasteiger partial charge in [0.1, 0.15) is 5.82 Å². The molecule has 3 aromatic rings. The van der Waals surface area contributed by atoms with Crippen molar-refractivity contribution in [2.75, 3.05) is 18.8 Å². The van der Waals surface area contributed by atoms with E-state index in [1.54, 1.807) is 17.7 Å². The summed E-state index contributed by atoms with van der Waals surface area (Å²) in [7, 11) is -3.29. The Labute approximate surface area is 172 Å². The molecule has 0 amide bonds. The van der Waals surface area contributed by atoms with E-state index in [0.29, 0.717) is 42.5 Å². The molecular formula is C18H21ClN6O3S. The molecule has 0 aliphatic carbocycles. The SMILES string of the molecule is CCS(=O)(=O)N1CCC[C@H](c2nc3c(nnn3Cc3ccccc3Cl)c(=O)[nH]2)C1. The molecule has 1 fully saturated rings. The lowest BCUT2D eigenvalue weighted by atomic mass is 9.99. The maximum atomic E-state index is 12.5. The van der Waals surface area contributed by atoms with Gasteiger partial charge in [-0.2, -0.15) is 0 Å². The second kappa shape index (κ2) is 7.85. The first-order valence-electron chi connectivity index (χ1n) is 9.43. The molecule has 3 heterocycles. The average molecular weight is 437 g/mol. The van der Waals surface area contributed by atoms with Crippen LogP contribution in [0.25, 0.3) is 11.2 Å². The third kappa shape index (κ3) is 3.92. The molecule has 29 heavy (non-hydrogen) atoms. The van der Waals surface area contributed by atoms with Crippen molar-refractivity contribution < 1.29 is 8.42 Å². The van der Waals surface area contributed by atoms with Crippen molar-refractivity contribution >= 4 is 32.8 Å². The summed E-state index contributed by atoms with van der Waals surface area (Å²) in [5, 5.41) is 8.61. The minimum atomic E-state index is -3.29. The summed E-state index contributed by atoms with van der Waals surface area (Å²) in [6, 6.07) is 7.37. The Morgan fingerprint density at radius 3 is 2.86 bits per heavy atom. The molecule has 9 nitrogen and oxygen atoms in total. The van der Waals surface area contributed by atoms with Crippen molar-refractivity contribution in [3.63, 3.8) is 0 Å². The molecule has 0 bridgehead atoms. The van der Waals surface area contributed by atoms with Gasteiger partial charge in [-0.25, -0.2) is 22.4 Å². The molecular weight excluding hydrogens is 416 g/mol. The van der Waals surface area contributed by atoms with Crippen LogP contribution in [0, 0.1) is 0 Å². The number of H-pyrrole nitrogens is 1. The Hall–Kier alpha value is -2.30. The van der Waals surface area contributed by atoms with Gasteiger partial charge >= 0.3 is 0 Å². The molecule has 11 heteroatoms. The van der Waals surface area contributed by atoms with Gasteiger partial charge in [-0.1, -0.05) is 35.0 Å². The molecule has 1 atom stereocenters. The molecule has 1 aliphatic rings. The standard InChI is InChI=1S/C18H21ClN6O3S/c1-2-29(27,28)24-9-5-7-13(10-24)16-20-17-15(18(26)21-16)22-23-25(17)11-12-6-3-4-8-14(12)19/h3-4,6,8,13H,2,5,7,9-11H2,1H3,(H,20,21,26)/t13-/m0/s1. The normalized spacial score (nSPS) is 18.3. The molecule has 0 spiro atoms. The minimum absolute atomic E-state index is 0.0528. The quantitative estimate of drug-likeness (QED) is 0.651. The van der Waals surface area contributed by atoms with Crippen molar-refractivity contribution in [2.45, 2.75) is 32.2 Å². The molecule has 1 aromatic carbocycles. The number of rotatable bonds is 5. The number of fused-ring (bicyclic) bond motifs is 1. The number of piperidine rings is 1. The van der Waals surface area contributed by atoms with Crippen LogP contribution in [-0.4, -0.2) is 56.5 Å². The van der Waals surface area contributed by atoms with Crippen molar-refractivity contribution in [1.29, 1.82) is 0 Å². The van der Waals surface area contributed by atoms with E-state index in [-0.39, 0.29) is 22.7 Å². The monoisotopic (exact) mass is 436 g/mol. The number of aromatic amines is 1. The Kier molecular flexibility index (Phi) is 5.41. The number of halogens is 1. The molecule has 4 rings (SSSR count). The van der Waals surface area contributed by atoms with Crippen LogP contribution in [0.2, 0.25) is 5.02 Å². The van der Waals surface area contributed by atoms with E-state index in [1.807, 2.05) is 18.2 Å². The van der Waals surface area contributed by atoms with Crippen LogP contribution in [0.4, 0.5) is 0 Å². The lowest BCUT2D eigenvalue weighted by Gasteiger charge is -2.31. The molecule has 0 saturated carbocycles. The van der Waals surface area contributed by atoms with E-state index >= 15 is 0 Å². The maximum Gasteiger partial charge on any atom is 0.281 e. The van der Waals surface area contributed by atoms with E-state index in [2.05, 4.69) is 20.3 Å². The number of benzene rings is 1. The van der Waals surface area contributed by atoms with Gasteiger partial charge in [0.25, 0.3) is 5.56 Å². The number of hydrogen-bond donors (Lipinski definition) is 1. The molecule has 1 N–H and O–H groups in total. The van der Waals surface area contributed by atoms with Gasteiger partial charge in [0.05, 0.1) is 12.3 Å². The number of nitrogens with zero attached hydrogens (tertiary/aromatic N) is 5. The van der Waals surface area contributed by atoms with Gasteiger partial charge in [-0.15, -0.1) is 5.10 Å². The van der Waals surface area contributed by atoms with Crippen LogP contribution in [0.3, 0.4) is 0 Å². The Balaban J connectivity index is 1.70. The Morgan fingerprint density at radius 1 is 1.31 bits per heavy atom. The lowest BCUT2D eigenvalue weighted by molar-refractivity contribution is 0.309. The third-order valence-corrected chi connectivity index (χ3v) is 7.42. The zero-order chi connectivity index (χ0) is 20.6. The van der Waals surface area contributed by atoms with Gasteiger partial charge in [-0.3, -0.25) is 4.79 Å². The van der Waals surface area contributed by atoms with E-state index in [9.17, 15) is 13.2 Å². The smallest absolute Gasteiger partial charge is 0.281 e. The molecule has 0 radical (unpaired) electrons. The van der Waals surface area contributed by atoms with Gasteiger partial charge in [-0.05, 0) is 31.4 Å². The molecule has 2 aromatic heterocycles. The first-order chi connectivity index (χ1) is 13.9. The van der Waals surface area contributed by atoms with Crippen molar-refractivity contribution in [1.82, 2.24) is 29.3 Å². The fourth-order valence-electron chi connectivity index (χ4n) is 3.57. The second-order valence-electron chi connectivity index (χ2n) is 7.06. The van der Waals surface area contributed by atoms with E-state index < -0.39 is 10.0 Å². The number of hydrogen-bond acceptors (Lipinski definition) is 6. The predicted octanol–water partition coefficient (Wildman–Crippen LogP) is 1.75. The van der Waals surface area contributed by atoms with Crippen molar-refractivity contribution in [3.8, 4) is 0 Å². The zero-order valence-electron chi connectivity index (χ0n) is 15.9. The van der Waals surface area contributed by atoms with Crippen LogP contribution in [0.5, 0.6) is 0 Å². The number of sulfonamides is 1. The van der Waals surface area contributed by atoms with Gasteiger partial charge < -0.3 is 4.98 Å². The predicted molar refractivity (Wildman–Crippen MR) is 110 cm³/mol. The minimum Gasteiger partial charge on any atom is -0.308 e. The first kappa shape index (κ1) is 20.0. The van der Waals surface area contributed by atoms with Crippen LogP contribution in [0.1, 0.15) is 37.1 Å². The highest BCUT2D eigenvalue weighted by atomic mass is 35.5. The molecule has 1 saturated heterocycles. The van der Waals surface area contributed by atoms with Gasteiger partial charge in [0.15, 0.2) is 11.2 Å². The molecule has 1 aliphatic heterocycles. The highest BCUT2D eigenvalue weighted by molar-refractivity contribution is 7.89. The average Bonchev–Trinajstić information content (AvgIpc) is 3.13. The van der Waals surface area contributed by atoms with E-state index in [4.69, 9.17) is 11.6 Å². The first-order valence-corrected chi connectivity index (χ1v) is 11.4. The fourth-order valence-corrected chi connectivity index (χ4v) is 4.95. The van der Waals surface area contributed by atoms with Gasteiger partial charge in [0, 0.05) is 24.0 Å². The third-order valence-electron chi connectivity index (χ3n) is 5.20. The van der Waals surface area contributed by atoms with Gasteiger partial charge in [0.2, 0.25) is 10.0 Å². The summed E-state index contributed by atoms with van der Waals surface area (Å²) in [5.74, 6) is 0.323. The topological polar surface area (TPSA) is 114 Å². The Bertz CT molecular complexity index is 1210. The van der Waals surface area contributed by atoms with Crippen molar-refractivity contribution in [3.05, 3.63) is 51.0 Å². The number of aromatic nitrogens is 5. The summed E-state index contributed by atoms with van der Waals surface area (Å²) >= 11 is 6.24. The summed E-state index contributed by atoms with van der Waals surface area (Å²) in [6.07, 6.45) is 1.46. The highest BCUT2D eigenvalue weighted by Crippen LogP contribution is 2.26. The number of nitrogens with one attached hydrogen (secondary N) is 1. The van der Waals surface area contributed by atoms with Crippen molar-refractivity contribution in [2.24, 2.45) is 0 Å². The summed E-state index contributed by atoms with van der Waals surface area (Å²) in [6.45, 7) is 2.75. The second-order valence-corrected chi connectivity index (χ2v) is 9.72. The summed E-state index contributed by atoms with van der Waals surface area (Å²) in [4.78, 5) is 19.9. The highest BCUT2D eigenvalue weighted by Gasteiger charge is 2.30. The largest absolute Gasteiger partial charge is 0.308 e. The molecule has 0 unspecified atom stereocenters. The van der Waals surface area contributed by atoms with Crippen LogP contribution >= 0.6 is 11.6 Å². The fraction of sp³-hybridized carbons (Fsp3) is 0.444. The van der Waals surface area contributed by atoms with Crippen LogP contribution in [0.15, 0.2) is 29.1 Å². The Morgan fingerprint density at radius 2 is 2.10 bits per heavy atom. The lowest BCUT2D eigenvalue weighted by Crippen LogP contribution is -2.40. The van der Waals surface area contributed by atoms with Crippen LogP contribution in [-0.2, 0) is 16.6 Å². The zero-order valence-corrected chi connectivity index (χ0v) is 17.4. The maximum absolute atomic E-state index is 12.5.